The van der Waals surface area contributed by atoms with Crippen LogP contribution in [0.4, 0.5) is 0 Å². The molecule has 1 aliphatic carbocycles. The number of aromatic nitrogens is 5. The van der Waals surface area contributed by atoms with Gasteiger partial charge >= 0.3 is 0 Å². The van der Waals surface area contributed by atoms with Gasteiger partial charge in [0.2, 0.25) is 0 Å². The smallest absolute Gasteiger partial charge is 0.252 e. The van der Waals surface area contributed by atoms with Gasteiger partial charge in [0.25, 0.3) is 5.56 Å². The number of fused-ring (bicyclic) bond motifs is 1. The van der Waals surface area contributed by atoms with Crippen LogP contribution in [0.1, 0.15) is 80.0 Å². The second kappa shape index (κ2) is 11.8. The van der Waals surface area contributed by atoms with E-state index in [-0.39, 0.29) is 11.6 Å². The molecule has 37 heavy (non-hydrogen) atoms. The molecule has 9 heteroatoms. The third-order valence-electron chi connectivity index (χ3n) is 8.08. The lowest BCUT2D eigenvalue weighted by Gasteiger charge is -2.32. The van der Waals surface area contributed by atoms with Gasteiger partial charge in [-0.3, -0.25) is 14.6 Å². The summed E-state index contributed by atoms with van der Waals surface area (Å²) in [6.45, 7) is 12.4. The zero-order chi connectivity index (χ0) is 25.8. The van der Waals surface area contributed by atoms with Gasteiger partial charge in [0.1, 0.15) is 0 Å². The van der Waals surface area contributed by atoms with Gasteiger partial charge in [0.15, 0.2) is 5.82 Å². The number of aromatic amines is 1. The molecule has 5 rings (SSSR count). The van der Waals surface area contributed by atoms with E-state index in [1.54, 1.807) is 0 Å². The normalized spacial score (nSPS) is 18.3. The SMILES string of the molecule is CCC(c1nnnn1C1CCCC1)N(CCCN1CCOCC1)Cc1cc2cc(C)cc(C)c2[nH]c1=O. The zero-order valence-corrected chi connectivity index (χ0v) is 22.6. The maximum atomic E-state index is 13.3. The monoisotopic (exact) mass is 507 g/mol. The lowest BCUT2D eigenvalue weighted by Crippen LogP contribution is -2.39. The number of morpholine rings is 1. The maximum absolute atomic E-state index is 13.3. The van der Waals surface area contributed by atoms with Crippen LogP contribution in [0.5, 0.6) is 0 Å². The summed E-state index contributed by atoms with van der Waals surface area (Å²) in [5.74, 6) is 0.935. The molecule has 1 saturated carbocycles. The molecular formula is C28H41N7O2. The van der Waals surface area contributed by atoms with Crippen molar-refractivity contribution in [2.75, 3.05) is 39.4 Å². The van der Waals surface area contributed by atoms with E-state index in [4.69, 9.17) is 4.74 Å². The lowest BCUT2D eigenvalue weighted by atomic mass is 10.0. The molecular weight excluding hydrogens is 466 g/mol. The molecule has 2 aliphatic rings. The Balaban J connectivity index is 1.43. The number of nitrogens with zero attached hydrogens (tertiary/aromatic N) is 6. The first kappa shape index (κ1) is 26.0. The first-order valence-electron chi connectivity index (χ1n) is 14.0. The molecule has 0 bridgehead atoms. The molecule has 1 saturated heterocycles. The molecule has 1 aliphatic heterocycles. The molecule has 2 aromatic heterocycles. The van der Waals surface area contributed by atoms with E-state index >= 15 is 0 Å². The molecule has 3 aromatic rings. The van der Waals surface area contributed by atoms with Crippen LogP contribution in [0.25, 0.3) is 10.9 Å². The topological polar surface area (TPSA) is 92.2 Å². The molecule has 0 radical (unpaired) electrons. The van der Waals surface area contributed by atoms with Gasteiger partial charge < -0.3 is 9.72 Å². The summed E-state index contributed by atoms with van der Waals surface area (Å²) >= 11 is 0. The Labute approximate surface area is 219 Å². The van der Waals surface area contributed by atoms with E-state index in [1.807, 2.05) is 0 Å². The molecule has 0 amide bonds. The summed E-state index contributed by atoms with van der Waals surface area (Å²) in [5.41, 5.74) is 4.01. The highest BCUT2D eigenvalue weighted by Gasteiger charge is 2.29. The summed E-state index contributed by atoms with van der Waals surface area (Å²) in [5, 5.41) is 14.2. The Morgan fingerprint density at radius 3 is 2.70 bits per heavy atom. The van der Waals surface area contributed by atoms with Crippen molar-refractivity contribution in [3.63, 3.8) is 0 Å². The molecule has 9 nitrogen and oxygen atoms in total. The number of hydrogen-bond acceptors (Lipinski definition) is 7. The van der Waals surface area contributed by atoms with Gasteiger partial charge in [-0.25, -0.2) is 4.68 Å². The molecule has 1 N–H and O–H groups in total. The third kappa shape index (κ3) is 5.94. The average molecular weight is 508 g/mol. The van der Waals surface area contributed by atoms with Crippen LogP contribution < -0.4 is 5.56 Å². The minimum atomic E-state index is -0.0112. The van der Waals surface area contributed by atoms with E-state index in [9.17, 15) is 4.79 Å². The minimum Gasteiger partial charge on any atom is -0.379 e. The van der Waals surface area contributed by atoms with E-state index in [2.05, 4.69) is 74.0 Å². The Kier molecular flexibility index (Phi) is 8.32. The van der Waals surface area contributed by atoms with Crippen LogP contribution in [-0.2, 0) is 11.3 Å². The first-order chi connectivity index (χ1) is 18.0. The fourth-order valence-electron chi connectivity index (χ4n) is 6.17. The summed E-state index contributed by atoms with van der Waals surface area (Å²) in [4.78, 5) is 21.3. The Morgan fingerprint density at radius 1 is 1.16 bits per heavy atom. The average Bonchev–Trinajstić information content (AvgIpc) is 3.58. The predicted octanol–water partition coefficient (Wildman–Crippen LogP) is 3.92. The van der Waals surface area contributed by atoms with Gasteiger partial charge in [-0.05, 0) is 79.6 Å². The molecule has 0 spiro atoms. The largest absolute Gasteiger partial charge is 0.379 e. The number of hydrogen-bond donors (Lipinski definition) is 1. The quantitative estimate of drug-likeness (QED) is 0.445. The predicted molar refractivity (Wildman–Crippen MR) is 145 cm³/mol. The van der Waals surface area contributed by atoms with Crippen LogP contribution in [0.15, 0.2) is 23.0 Å². The molecule has 3 heterocycles. The van der Waals surface area contributed by atoms with Crippen molar-refractivity contribution in [3.05, 3.63) is 51.1 Å². The number of benzene rings is 1. The number of tetrazole rings is 1. The number of H-pyrrole nitrogens is 1. The van der Waals surface area contributed by atoms with Gasteiger partial charge in [-0.2, -0.15) is 0 Å². The number of ether oxygens (including phenoxy) is 1. The molecule has 1 atom stereocenters. The van der Waals surface area contributed by atoms with Crippen molar-refractivity contribution in [1.82, 2.24) is 35.0 Å². The zero-order valence-electron chi connectivity index (χ0n) is 22.6. The second-order valence-corrected chi connectivity index (χ2v) is 10.8. The van der Waals surface area contributed by atoms with E-state index in [1.165, 1.54) is 18.4 Å². The van der Waals surface area contributed by atoms with Crippen molar-refractivity contribution in [1.29, 1.82) is 0 Å². The fourth-order valence-corrected chi connectivity index (χ4v) is 6.17. The lowest BCUT2D eigenvalue weighted by molar-refractivity contribution is 0.0348. The van der Waals surface area contributed by atoms with Gasteiger partial charge in [-0.15, -0.1) is 5.10 Å². The molecule has 1 unspecified atom stereocenters. The van der Waals surface area contributed by atoms with Crippen molar-refractivity contribution in [2.24, 2.45) is 0 Å². The highest BCUT2D eigenvalue weighted by atomic mass is 16.5. The van der Waals surface area contributed by atoms with Crippen LogP contribution in [0, 0.1) is 13.8 Å². The molecule has 200 valence electrons. The minimum absolute atomic E-state index is 0.0112. The second-order valence-electron chi connectivity index (χ2n) is 10.8. The van der Waals surface area contributed by atoms with Crippen molar-refractivity contribution in [3.8, 4) is 0 Å². The van der Waals surface area contributed by atoms with Crippen LogP contribution in [0.3, 0.4) is 0 Å². The Hall–Kier alpha value is -2.62. The molecule has 2 fully saturated rings. The van der Waals surface area contributed by atoms with Crippen molar-refractivity contribution in [2.45, 2.75) is 77.9 Å². The maximum Gasteiger partial charge on any atom is 0.252 e. The standard InChI is InChI=1S/C28H41N7O2/c1-4-25(27-30-31-32-35(27)24-8-5-6-9-24)34(11-7-10-33-12-14-37-15-13-33)19-23-18-22-17-20(2)16-21(3)26(22)29-28(23)36/h16-18,24-25H,4-15,19H2,1-3H3,(H,29,36). The highest BCUT2D eigenvalue weighted by Crippen LogP contribution is 2.33. The van der Waals surface area contributed by atoms with Gasteiger partial charge in [0, 0.05) is 31.7 Å². The van der Waals surface area contributed by atoms with Gasteiger partial charge in [0.05, 0.1) is 30.8 Å². The number of aryl methyl sites for hydroxylation is 2. The number of nitrogens with one attached hydrogen (secondary N) is 1. The fraction of sp³-hybridized carbons (Fsp3) is 0.643. The Bertz CT molecular complexity index is 1240. The van der Waals surface area contributed by atoms with Crippen LogP contribution in [0.2, 0.25) is 0 Å². The Morgan fingerprint density at radius 2 is 1.95 bits per heavy atom. The highest BCUT2D eigenvalue weighted by molar-refractivity contribution is 5.82. The van der Waals surface area contributed by atoms with Crippen LogP contribution >= 0.6 is 0 Å². The van der Waals surface area contributed by atoms with E-state index in [0.29, 0.717) is 12.6 Å². The summed E-state index contributed by atoms with van der Waals surface area (Å²) in [6.07, 6.45) is 6.63. The summed E-state index contributed by atoms with van der Waals surface area (Å²) in [7, 11) is 0. The van der Waals surface area contributed by atoms with E-state index < -0.39 is 0 Å². The summed E-state index contributed by atoms with van der Waals surface area (Å²) in [6, 6.07) is 6.78. The van der Waals surface area contributed by atoms with E-state index in [0.717, 1.165) is 92.9 Å². The summed E-state index contributed by atoms with van der Waals surface area (Å²) < 4.78 is 7.60. The molecule has 1 aromatic carbocycles. The van der Waals surface area contributed by atoms with Crippen LogP contribution in [-0.4, -0.2) is 74.4 Å². The van der Waals surface area contributed by atoms with Crippen molar-refractivity contribution < 1.29 is 4.74 Å². The first-order valence-corrected chi connectivity index (χ1v) is 14.0. The van der Waals surface area contributed by atoms with Gasteiger partial charge in [-0.1, -0.05) is 31.4 Å². The third-order valence-corrected chi connectivity index (χ3v) is 8.08. The number of rotatable bonds is 10. The number of pyridine rings is 1. The van der Waals surface area contributed by atoms with Crippen molar-refractivity contribution >= 4 is 10.9 Å².